The standard InChI is InChI=1S/C10H20N2O2.ClH/c1-14-9(6-11)5-10(13)12-7-8-3-2-4-8;/h8-9H,2-7,11H2,1H3,(H,12,13);1H. The first kappa shape index (κ1) is 14.7. The molecule has 0 aromatic rings. The topological polar surface area (TPSA) is 64.3 Å². The van der Waals surface area contributed by atoms with Crippen molar-refractivity contribution in [3.8, 4) is 0 Å². The Labute approximate surface area is 97.3 Å². The first-order valence-corrected chi connectivity index (χ1v) is 5.25. The Morgan fingerprint density at radius 2 is 2.27 bits per heavy atom. The number of nitrogens with two attached hydrogens (primary N) is 1. The minimum atomic E-state index is -0.142. The van der Waals surface area contributed by atoms with Gasteiger partial charge in [-0.25, -0.2) is 0 Å². The van der Waals surface area contributed by atoms with Gasteiger partial charge in [0, 0.05) is 20.2 Å². The Morgan fingerprint density at radius 3 is 2.67 bits per heavy atom. The molecule has 1 saturated carbocycles. The first-order valence-electron chi connectivity index (χ1n) is 5.25. The van der Waals surface area contributed by atoms with E-state index in [1.807, 2.05) is 0 Å². The number of ether oxygens (including phenoxy) is 1. The fraction of sp³-hybridized carbons (Fsp3) is 0.900. The summed E-state index contributed by atoms with van der Waals surface area (Å²) in [6, 6.07) is 0. The highest BCUT2D eigenvalue weighted by Gasteiger charge is 2.18. The Kier molecular flexibility index (Phi) is 7.74. The average molecular weight is 237 g/mol. The van der Waals surface area contributed by atoms with E-state index in [-0.39, 0.29) is 24.4 Å². The summed E-state index contributed by atoms with van der Waals surface area (Å²) in [5, 5.41) is 2.91. The second-order valence-electron chi connectivity index (χ2n) is 3.90. The zero-order chi connectivity index (χ0) is 10.4. The normalized spacial score (nSPS) is 17.5. The molecule has 3 N–H and O–H groups in total. The maximum atomic E-state index is 11.4. The average Bonchev–Trinajstić information content (AvgIpc) is 2.11. The van der Waals surface area contributed by atoms with Crippen molar-refractivity contribution in [1.82, 2.24) is 5.32 Å². The number of hydrogen-bond acceptors (Lipinski definition) is 3. The van der Waals surface area contributed by atoms with Gasteiger partial charge in [-0.1, -0.05) is 6.42 Å². The summed E-state index contributed by atoms with van der Waals surface area (Å²) in [4.78, 5) is 11.4. The SMILES string of the molecule is COC(CN)CC(=O)NCC1CCC1.Cl. The van der Waals surface area contributed by atoms with Crippen LogP contribution in [0, 0.1) is 5.92 Å². The van der Waals surface area contributed by atoms with Crippen molar-refractivity contribution in [3.05, 3.63) is 0 Å². The van der Waals surface area contributed by atoms with E-state index in [2.05, 4.69) is 5.32 Å². The highest BCUT2D eigenvalue weighted by Crippen LogP contribution is 2.25. The summed E-state index contributed by atoms with van der Waals surface area (Å²) in [5.41, 5.74) is 5.42. The predicted molar refractivity (Wildman–Crippen MR) is 62.1 cm³/mol. The van der Waals surface area contributed by atoms with Gasteiger partial charge in [0.2, 0.25) is 5.91 Å². The van der Waals surface area contributed by atoms with E-state index in [1.165, 1.54) is 19.3 Å². The third-order valence-corrected chi connectivity index (χ3v) is 2.82. The monoisotopic (exact) mass is 236 g/mol. The Hall–Kier alpha value is -0.320. The Balaban J connectivity index is 0.00000196. The molecule has 4 nitrogen and oxygen atoms in total. The zero-order valence-corrected chi connectivity index (χ0v) is 10.0. The van der Waals surface area contributed by atoms with E-state index in [0.717, 1.165) is 6.54 Å². The molecule has 0 bridgehead atoms. The van der Waals surface area contributed by atoms with Gasteiger partial charge in [0.05, 0.1) is 12.5 Å². The lowest BCUT2D eigenvalue weighted by Crippen LogP contribution is -2.36. The lowest BCUT2D eigenvalue weighted by molar-refractivity contribution is -0.123. The van der Waals surface area contributed by atoms with Crippen molar-refractivity contribution < 1.29 is 9.53 Å². The number of carbonyl (C=O) groups is 1. The highest BCUT2D eigenvalue weighted by atomic mass is 35.5. The quantitative estimate of drug-likeness (QED) is 0.713. The van der Waals surface area contributed by atoms with Crippen LogP contribution >= 0.6 is 12.4 Å². The Bertz CT molecular complexity index is 182. The molecule has 15 heavy (non-hydrogen) atoms. The molecule has 1 rings (SSSR count). The van der Waals surface area contributed by atoms with Crippen molar-refractivity contribution in [2.45, 2.75) is 31.8 Å². The smallest absolute Gasteiger partial charge is 0.222 e. The van der Waals surface area contributed by atoms with Gasteiger partial charge in [-0.3, -0.25) is 4.79 Å². The van der Waals surface area contributed by atoms with Gasteiger partial charge in [-0.2, -0.15) is 0 Å². The molecule has 1 amide bonds. The summed E-state index contributed by atoms with van der Waals surface area (Å²) >= 11 is 0. The van der Waals surface area contributed by atoms with Crippen LogP contribution in [0.25, 0.3) is 0 Å². The lowest BCUT2D eigenvalue weighted by atomic mass is 9.85. The van der Waals surface area contributed by atoms with Crippen molar-refractivity contribution in [2.24, 2.45) is 11.7 Å². The number of carbonyl (C=O) groups excluding carboxylic acids is 1. The molecule has 1 aliphatic carbocycles. The van der Waals surface area contributed by atoms with E-state index in [1.54, 1.807) is 7.11 Å². The van der Waals surface area contributed by atoms with E-state index in [4.69, 9.17) is 10.5 Å². The zero-order valence-electron chi connectivity index (χ0n) is 9.20. The second kappa shape index (κ2) is 7.91. The predicted octanol–water partition coefficient (Wildman–Crippen LogP) is 0.688. The molecular formula is C10H21ClN2O2. The number of amides is 1. The molecule has 1 unspecified atom stereocenters. The van der Waals surface area contributed by atoms with Crippen LogP contribution in [0.5, 0.6) is 0 Å². The molecule has 0 spiro atoms. The number of rotatable bonds is 6. The van der Waals surface area contributed by atoms with Crippen molar-refractivity contribution in [2.75, 3.05) is 20.2 Å². The van der Waals surface area contributed by atoms with Crippen LogP contribution in [-0.4, -0.2) is 32.2 Å². The molecule has 0 aliphatic heterocycles. The molecule has 5 heteroatoms. The Morgan fingerprint density at radius 1 is 1.60 bits per heavy atom. The summed E-state index contributed by atoms with van der Waals surface area (Å²) in [7, 11) is 1.58. The molecule has 0 radical (unpaired) electrons. The molecule has 0 heterocycles. The van der Waals surface area contributed by atoms with Crippen LogP contribution in [0.1, 0.15) is 25.7 Å². The first-order chi connectivity index (χ1) is 6.76. The number of methoxy groups -OCH3 is 1. The number of halogens is 1. The minimum absolute atomic E-state index is 0. The lowest BCUT2D eigenvalue weighted by Gasteiger charge is -2.25. The van der Waals surface area contributed by atoms with Crippen LogP contribution in [0.15, 0.2) is 0 Å². The van der Waals surface area contributed by atoms with Crippen LogP contribution < -0.4 is 11.1 Å². The summed E-state index contributed by atoms with van der Waals surface area (Å²) < 4.78 is 5.03. The van der Waals surface area contributed by atoms with Gasteiger partial charge in [0.1, 0.15) is 0 Å². The van der Waals surface area contributed by atoms with Crippen molar-refractivity contribution in [1.29, 1.82) is 0 Å². The summed E-state index contributed by atoms with van der Waals surface area (Å²) in [6.45, 7) is 1.22. The molecule has 1 aliphatic rings. The van der Waals surface area contributed by atoms with Crippen LogP contribution in [-0.2, 0) is 9.53 Å². The van der Waals surface area contributed by atoms with Gasteiger partial charge in [0.25, 0.3) is 0 Å². The largest absolute Gasteiger partial charge is 0.380 e. The maximum absolute atomic E-state index is 11.4. The van der Waals surface area contributed by atoms with E-state index in [0.29, 0.717) is 18.9 Å². The van der Waals surface area contributed by atoms with E-state index < -0.39 is 0 Å². The molecule has 0 aromatic carbocycles. The molecular weight excluding hydrogens is 216 g/mol. The third kappa shape index (κ3) is 5.35. The van der Waals surface area contributed by atoms with Crippen LogP contribution in [0.4, 0.5) is 0 Å². The third-order valence-electron chi connectivity index (χ3n) is 2.82. The van der Waals surface area contributed by atoms with Crippen molar-refractivity contribution >= 4 is 18.3 Å². The van der Waals surface area contributed by atoms with E-state index in [9.17, 15) is 4.79 Å². The van der Waals surface area contributed by atoms with Crippen molar-refractivity contribution in [3.63, 3.8) is 0 Å². The van der Waals surface area contributed by atoms with Gasteiger partial charge in [-0.15, -0.1) is 12.4 Å². The highest BCUT2D eigenvalue weighted by molar-refractivity contribution is 5.85. The van der Waals surface area contributed by atoms with Gasteiger partial charge in [0.15, 0.2) is 0 Å². The fourth-order valence-corrected chi connectivity index (χ4v) is 1.50. The van der Waals surface area contributed by atoms with Crippen LogP contribution in [0.3, 0.4) is 0 Å². The van der Waals surface area contributed by atoms with Gasteiger partial charge < -0.3 is 15.8 Å². The molecule has 0 saturated heterocycles. The number of nitrogens with one attached hydrogen (secondary N) is 1. The second-order valence-corrected chi connectivity index (χ2v) is 3.90. The number of hydrogen-bond donors (Lipinski definition) is 2. The maximum Gasteiger partial charge on any atom is 0.222 e. The van der Waals surface area contributed by atoms with Gasteiger partial charge >= 0.3 is 0 Å². The summed E-state index contributed by atoms with van der Waals surface area (Å²) in [5.74, 6) is 0.757. The van der Waals surface area contributed by atoms with Crippen LogP contribution in [0.2, 0.25) is 0 Å². The molecule has 90 valence electrons. The van der Waals surface area contributed by atoms with Gasteiger partial charge in [-0.05, 0) is 18.8 Å². The fourth-order valence-electron chi connectivity index (χ4n) is 1.50. The summed E-state index contributed by atoms with van der Waals surface area (Å²) in [6.07, 6.45) is 4.05. The van der Waals surface area contributed by atoms with E-state index >= 15 is 0 Å². The molecule has 0 aromatic heterocycles. The minimum Gasteiger partial charge on any atom is -0.380 e. The molecule has 1 fully saturated rings. The molecule has 1 atom stereocenters.